The third kappa shape index (κ3) is 4.38. The highest BCUT2D eigenvalue weighted by molar-refractivity contribution is 5.94. The van der Waals surface area contributed by atoms with Crippen LogP contribution >= 0.6 is 0 Å². The Balaban J connectivity index is 1.18. The Hall–Kier alpha value is -3.58. The van der Waals surface area contributed by atoms with Crippen molar-refractivity contribution in [3.63, 3.8) is 0 Å². The van der Waals surface area contributed by atoms with E-state index in [1.165, 1.54) is 12.1 Å². The van der Waals surface area contributed by atoms with E-state index in [1.807, 2.05) is 29.2 Å². The van der Waals surface area contributed by atoms with Crippen molar-refractivity contribution in [3.05, 3.63) is 83.9 Å². The summed E-state index contributed by atoms with van der Waals surface area (Å²) in [6.45, 7) is 3.36. The standard InChI is InChI=1S/C25H23FN4O2/c26-20-10-8-18(9-11-20)16-24(31)30-14-12-29(13-15-30)17-23-27-25(32-28-23)22-7-3-5-19-4-1-2-6-21(19)22/h1-11H,12-17H2. The molecule has 1 fully saturated rings. The van der Waals surface area contributed by atoms with Crippen LogP contribution in [0.4, 0.5) is 4.39 Å². The first-order chi connectivity index (χ1) is 15.7. The second-order valence-electron chi connectivity index (χ2n) is 8.00. The Bertz CT molecular complexity index is 1220. The molecule has 5 rings (SSSR count). The fourth-order valence-electron chi connectivity index (χ4n) is 4.08. The van der Waals surface area contributed by atoms with Gasteiger partial charge in [-0.1, -0.05) is 53.7 Å². The molecule has 0 aliphatic carbocycles. The molecule has 4 aromatic rings. The number of nitrogens with zero attached hydrogens (tertiary/aromatic N) is 4. The van der Waals surface area contributed by atoms with Crippen LogP contribution in [0, 0.1) is 5.82 Å². The minimum Gasteiger partial charge on any atom is -0.340 e. The molecule has 0 bridgehead atoms. The summed E-state index contributed by atoms with van der Waals surface area (Å²) in [5.74, 6) is 0.929. The fraction of sp³-hybridized carbons (Fsp3) is 0.240. The quantitative estimate of drug-likeness (QED) is 0.480. The van der Waals surface area contributed by atoms with E-state index < -0.39 is 0 Å². The van der Waals surface area contributed by atoms with Crippen molar-refractivity contribution in [1.29, 1.82) is 0 Å². The zero-order valence-electron chi connectivity index (χ0n) is 17.6. The third-order valence-electron chi connectivity index (χ3n) is 5.85. The van der Waals surface area contributed by atoms with Crippen molar-refractivity contribution in [3.8, 4) is 11.5 Å². The predicted octanol–water partition coefficient (Wildman–Crippen LogP) is 3.92. The molecule has 1 aliphatic heterocycles. The number of carbonyl (C=O) groups is 1. The average molecular weight is 430 g/mol. The molecule has 6 nitrogen and oxygen atoms in total. The van der Waals surface area contributed by atoms with Crippen LogP contribution in [0.5, 0.6) is 0 Å². The van der Waals surface area contributed by atoms with E-state index in [4.69, 9.17) is 4.52 Å². The van der Waals surface area contributed by atoms with Gasteiger partial charge in [0, 0.05) is 31.7 Å². The predicted molar refractivity (Wildman–Crippen MR) is 119 cm³/mol. The van der Waals surface area contributed by atoms with Crippen LogP contribution in [0.25, 0.3) is 22.2 Å². The Morgan fingerprint density at radius 1 is 0.938 bits per heavy atom. The lowest BCUT2D eigenvalue weighted by Crippen LogP contribution is -2.48. The first-order valence-corrected chi connectivity index (χ1v) is 10.7. The van der Waals surface area contributed by atoms with Gasteiger partial charge >= 0.3 is 0 Å². The molecule has 7 heteroatoms. The average Bonchev–Trinajstić information content (AvgIpc) is 3.29. The van der Waals surface area contributed by atoms with Crippen molar-refractivity contribution < 1.29 is 13.7 Å². The maximum atomic E-state index is 13.0. The molecule has 0 atom stereocenters. The van der Waals surface area contributed by atoms with Crippen molar-refractivity contribution in [2.45, 2.75) is 13.0 Å². The number of hydrogen-bond acceptors (Lipinski definition) is 5. The summed E-state index contributed by atoms with van der Waals surface area (Å²) in [6, 6.07) is 20.3. The zero-order chi connectivity index (χ0) is 21.9. The lowest BCUT2D eigenvalue weighted by Gasteiger charge is -2.34. The number of amides is 1. The van der Waals surface area contributed by atoms with Gasteiger partial charge in [-0.25, -0.2) is 4.39 Å². The monoisotopic (exact) mass is 430 g/mol. The highest BCUT2D eigenvalue weighted by atomic mass is 19.1. The van der Waals surface area contributed by atoms with E-state index in [0.29, 0.717) is 37.8 Å². The van der Waals surface area contributed by atoms with E-state index in [-0.39, 0.29) is 11.7 Å². The van der Waals surface area contributed by atoms with Crippen LogP contribution in [-0.2, 0) is 17.8 Å². The van der Waals surface area contributed by atoms with Gasteiger partial charge in [-0.05, 0) is 34.5 Å². The largest absolute Gasteiger partial charge is 0.340 e. The zero-order valence-corrected chi connectivity index (χ0v) is 17.6. The van der Waals surface area contributed by atoms with Crippen LogP contribution in [0.2, 0.25) is 0 Å². The number of carbonyl (C=O) groups excluding carboxylic acids is 1. The smallest absolute Gasteiger partial charge is 0.258 e. The minimum absolute atomic E-state index is 0.0639. The van der Waals surface area contributed by atoms with Gasteiger partial charge in [-0.15, -0.1) is 0 Å². The fourth-order valence-corrected chi connectivity index (χ4v) is 4.08. The molecule has 2 heterocycles. The highest BCUT2D eigenvalue weighted by Crippen LogP contribution is 2.27. The normalized spacial score (nSPS) is 14.7. The number of piperazine rings is 1. The first-order valence-electron chi connectivity index (χ1n) is 10.7. The molecule has 0 N–H and O–H groups in total. The van der Waals surface area contributed by atoms with E-state index in [1.54, 1.807) is 12.1 Å². The number of hydrogen-bond donors (Lipinski definition) is 0. The molecule has 1 amide bonds. The molecule has 32 heavy (non-hydrogen) atoms. The lowest BCUT2D eigenvalue weighted by molar-refractivity contribution is -0.132. The first kappa shape index (κ1) is 20.3. The summed E-state index contributed by atoms with van der Waals surface area (Å²) < 4.78 is 18.6. The number of rotatable bonds is 5. The van der Waals surface area contributed by atoms with Gasteiger partial charge in [-0.2, -0.15) is 4.98 Å². The van der Waals surface area contributed by atoms with Crippen LogP contribution < -0.4 is 0 Å². The number of fused-ring (bicyclic) bond motifs is 1. The van der Waals surface area contributed by atoms with E-state index in [0.717, 1.165) is 35.0 Å². The van der Waals surface area contributed by atoms with Gasteiger partial charge in [0.15, 0.2) is 5.82 Å². The summed E-state index contributed by atoms with van der Waals surface area (Å²) in [6.07, 6.45) is 0.291. The molecule has 162 valence electrons. The molecule has 1 saturated heterocycles. The maximum Gasteiger partial charge on any atom is 0.258 e. The molecule has 0 radical (unpaired) electrons. The highest BCUT2D eigenvalue weighted by Gasteiger charge is 2.23. The topological polar surface area (TPSA) is 62.5 Å². The maximum absolute atomic E-state index is 13.0. The number of aromatic nitrogens is 2. The Kier molecular flexibility index (Phi) is 5.64. The number of halogens is 1. The van der Waals surface area contributed by atoms with Crippen LogP contribution in [-0.4, -0.2) is 52.0 Å². The molecule has 1 aliphatic rings. The molecule has 3 aromatic carbocycles. The summed E-state index contributed by atoms with van der Waals surface area (Å²) in [4.78, 5) is 21.3. The molecule has 0 spiro atoms. The Morgan fingerprint density at radius 2 is 1.69 bits per heavy atom. The Morgan fingerprint density at radius 3 is 2.50 bits per heavy atom. The Labute approximate surface area is 185 Å². The second-order valence-corrected chi connectivity index (χ2v) is 8.00. The lowest BCUT2D eigenvalue weighted by atomic mass is 10.0. The van der Waals surface area contributed by atoms with E-state index in [9.17, 15) is 9.18 Å². The van der Waals surface area contributed by atoms with Crippen LogP contribution in [0.15, 0.2) is 71.3 Å². The van der Waals surface area contributed by atoms with Crippen molar-refractivity contribution in [1.82, 2.24) is 19.9 Å². The minimum atomic E-state index is -0.292. The molecule has 1 aromatic heterocycles. The third-order valence-corrected chi connectivity index (χ3v) is 5.85. The molecule has 0 unspecified atom stereocenters. The summed E-state index contributed by atoms with van der Waals surface area (Å²) in [7, 11) is 0. The number of benzene rings is 3. The van der Waals surface area contributed by atoms with Crippen LogP contribution in [0.3, 0.4) is 0 Å². The second kappa shape index (κ2) is 8.88. The molecular formula is C25H23FN4O2. The van der Waals surface area contributed by atoms with E-state index in [2.05, 4.69) is 33.2 Å². The van der Waals surface area contributed by atoms with Gasteiger partial charge in [0.1, 0.15) is 5.82 Å². The van der Waals surface area contributed by atoms with Crippen LogP contribution in [0.1, 0.15) is 11.4 Å². The van der Waals surface area contributed by atoms with E-state index >= 15 is 0 Å². The van der Waals surface area contributed by atoms with Gasteiger partial charge in [0.2, 0.25) is 5.91 Å². The molecular weight excluding hydrogens is 407 g/mol. The van der Waals surface area contributed by atoms with Crippen molar-refractivity contribution >= 4 is 16.7 Å². The SMILES string of the molecule is O=C(Cc1ccc(F)cc1)N1CCN(Cc2noc(-c3cccc4ccccc34)n2)CC1. The van der Waals surface area contributed by atoms with Gasteiger partial charge in [0.05, 0.1) is 13.0 Å². The van der Waals surface area contributed by atoms with Gasteiger partial charge in [0.25, 0.3) is 5.89 Å². The van der Waals surface area contributed by atoms with Gasteiger partial charge < -0.3 is 9.42 Å². The summed E-state index contributed by atoms with van der Waals surface area (Å²) >= 11 is 0. The molecule has 0 saturated carbocycles. The van der Waals surface area contributed by atoms with Crippen molar-refractivity contribution in [2.75, 3.05) is 26.2 Å². The summed E-state index contributed by atoms with van der Waals surface area (Å²) in [5.41, 5.74) is 1.75. The van der Waals surface area contributed by atoms with Crippen molar-refractivity contribution in [2.24, 2.45) is 0 Å². The summed E-state index contributed by atoms with van der Waals surface area (Å²) in [5, 5.41) is 6.38. The van der Waals surface area contributed by atoms with Gasteiger partial charge in [-0.3, -0.25) is 9.69 Å².